The van der Waals surface area contributed by atoms with Crippen molar-refractivity contribution in [3.05, 3.63) is 35.4 Å². The fourth-order valence-corrected chi connectivity index (χ4v) is 3.53. The summed E-state index contributed by atoms with van der Waals surface area (Å²) in [5, 5.41) is 0. The number of sulfone groups is 1. The molecule has 1 heterocycles. The highest BCUT2D eigenvalue weighted by Gasteiger charge is 2.35. The van der Waals surface area contributed by atoms with Gasteiger partial charge >= 0.3 is 0 Å². The van der Waals surface area contributed by atoms with Crippen molar-refractivity contribution >= 4 is 21.7 Å². The zero-order chi connectivity index (χ0) is 14.8. The summed E-state index contributed by atoms with van der Waals surface area (Å²) in [4.78, 5) is 25.1. The number of unbranched alkanes of at least 4 members (excludes halogenated alkanes) is 1. The highest BCUT2D eigenvalue weighted by Crippen LogP contribution is 2.22. The second kappa shape index (κ2) is 5.75. The fourth-order valence-electron chi connectivity index (χ4n) is 2.14. The Morgan fingerprint density at radius 3 is 2.05 bits per heavy atom. The van der Waals surface area contributed by atoms with E-state index in [1.165, 1.54) is 0 Å². The van der Waals surface area contributed by atoms with Crippen LogP contribution in [0.1, 0.15) is 40.5 Å². The van der Waals surface area contributed by atoms with Crippen LogP contribution in [0.4, 0.5) is 0 Å². The van der Waals surface area contributed by atoms with Crippen LogP contribution in [0, 0.1) is 0 Å². The zero-order valence-electron chi connectivity index (χ0n) is 11.3. The summed E-state index contributed by atoms with van der Waals surface area (Å²) in [5.41, 5.74) is 0.701. The summed E-state index contributed by atoms with van der Waals surface area (Å²) in [7, 11) is -3.21. The quantitative estimate of drug-likeness (QED) is 0.746. The molecule has 1 aliphatic rings. The zero-order valence-corrected chi connectivity index (χ0v) is 12.1. The van der Waals surface area contributed by atoms with Gasteiger partial charge in [-0.25, -0.2) is 8.42 Å². The molecule has 0 saturated carbocycles. The molecule has 1 aliphatic heterocycles. The molecule has 0 unspecified atom stereocenters. The fraction of sp³-hybridized carbons (Fsp3) is 0.429. The number of hydrogen-bond donors (Lipinski definition) is 0. The monoisotopic (exact) mass is 295 g/mol. The van der Waals surface area contributed by atoms with E-state index < -0.39 is 21.7 Å². The lowest BCUT2D eigenvalue weighted by molar-refractivity contribution is 0.0664. The van der Waals surface area contributed by atoms with Crippen LogP contribution in [-0.4, -0.2) is 43.2 Å². The minimum atomic E-state index is -3.21. The van der Waals surface area contributed by atoms with E-state index in [2.05, 4.69) is 0 Å². The van der Waals surface area contributed by atoms with E-state index in [1.807, 2.05) is 6.92 Å². The Kier molecular flexibility index (Phi) is 4.23. The second-order valence-corrected chi connectivity index (χ2v) is 7.12. The molecule has 0 N–H and O–H groups in total. The SMILES string of the molecule is CCCCS(=O)(=O)CCN1C(=O)c2ccccc2C1=O. The van der Waals surface area contributed by atoms with E-state index in [0.717, 1.165) is 11.3 Å². The van der Waals surface area contributed by atoms with Gasteiger partial charge in [-0.2, -0.15) is 0 Å². The van der Waals surface area contributed by atoms with Crippen LogP contribution in [-0.2, 0) is 9.84 Å². The van der Waals surface area contributed by atoms with Gasteiger partial charge in [-0.15, -0.1) is 0 Å². The average Bonchev–Trinajstić information content (AvgIpc) is 2.67. The number of carbonyl (C=O) groups excluding carboxylic acids is 2. The summed E-state index contributed by atoms with van der Waals surface area (Å²) in [6.07, 6.45) is 1.40. The van der Waals surface area contributed by atoms with Crippen LogP contribution in [0.3, 0.4) is 0 Å². The first kappa shape index (κ1) is 14.7. The van der Waals surface area contributed by atoms with E-state index in [-0.39, 0.29) is 18.1 Å². The normalized spacial score (nSPS) is 14.8. The lowest BCUT2D eigenvalue weighted by atomic mass is 10.1. The smallest absolute Gasteiger partial charge is 0.261 e. The van der Waals surface area contributed by atoms with Crippen LogP contribution in [0.5, 0.6) is 0 Å². The molecule has 20 heavy (non-hydrogen) atoms. The van der Waals surface area contributed by atoms with Crippen LogP contribution in [0.2, 0.25) is 0 Å². The number of fused-ring (bicyclic) bond motifs is 1. The molecule has 0 aromatic heterocycles. The summed E-state index contributed by atoms with van der Waals surface area (Å²) in [5.74, 6) is -0.877. The van der Waals surface area contributed by atoms with Crippen molar-refractivity contribution in [2.24, 2.45) is 0 Å². The van der Waals surface area contributed by atoms with Gasteiger partial charge in [-0.3, -0.25) is 14.5 Å². The molecule has 0 spiro atoms. The third-order valence-electron chi connectivity index (χ3n) is 3.31. The number of imide groups is 1. The Morgan fingerprint density at radius 1 is 1.00 bits per heavy atom. The van der Waals surface area contributed by atoms with Gasteiger partial charge in [0.1, 0.15) is 0 Å². The molecule has 0 bridgehead atoms. The molecule has 2 rings (SSSR count). The predicted octanol–water partition coefficient (Wildman–Crippen LogP) is 1.50. The van der Waals surface area contributed by atoms with Crippen molar-refractivity contribution < 1.29 is 18.0 Å². The first-order valence-corrected chi connectivity index (χ1v) is 8.44. The Morgan fingerprint density at radius 2 is 1.55 bits per heavy atom. The van der Waals surface area contributed by atoms with E-state index in [4.69, 9.17) is 0 Å². The molecule has 108 valence electrons. The van der Waals surface area contributed by atoms with E-state index >= 15 is 0 Å². The number of nitrogens with zero attached hydrogens (tertiary/aromatic N) is 1. The Bertz CT molecular complexity index is 601. The molecular weight excluding hydrogens is 278 g/mol. The second-order valence-electron chi connectivity index (χ2n) is 4.81. The minimum Gasteiger partial charge on any atom is -0.273 e. The molecule has 0 fully saturated rings. The van der Waals surface area contributed by atoms with Crippen LogP contribution < -0.4 is 0 Å². The van der Waals surface area contributed by atoms with Gasteiger partial charge < -0.3 is 0 Å². The van der Waals surface area contributed by atoms with E-state index in [0.29, 0.717) is 17.5 Å². The number of amides is 2. The first-order chi connectivity index (χ1) is 9.46. The van der Waals surface area contributed by atoms with Crippen molar-refractivity contribution in [3.63, 3.8) is 0 Å². The molecule has 0 atom stereocenters. The number of carbonyl (C=O) groups is 2. The third-order valence-corrected chi connectivity index (χ3v) is 5.03. The minimum absolute atomic E-state index is 0.0710. The molecule has 0 radical (unpaired) electrons. The molecule has 0 saturated heterocycles. The van der Waals surface area contributed by atoms with Crippen molar-refractivity contribution in [1.82, 2.24) is 4.90 Å². The molecule has 1 aromatic rings. The largest absolute Gasteiger partial charge is 0.273 e. The maximum Gasteiger partial charge on any atom is 0.261 e. The number of benzene rings is 1. The van der Waals surface area contributed by atoms with Crippen molar-refractivity contribution in [2.75, 3.05) is 18.1 Å². The lowest BCUT2D eigenvalue weighted by Crippen LogP contribution is -2.34. The standard InChI is InChI=1S/C14H17NO4S/c1-2-3-9-20(18,19)10-8-15-13(16)11-6-4-5-7-12(11)14(15)17/h4-7H,2-3,8-10H2,1H3. The van der Waals surface area contributed by atoms with Gasteiger partial charge in [-0.1, -0.05) is 25.5 Å². The highest BCUT2D eigenvalue weighted by atomic mass is 32.2. The summed E-state index contributed by atoms with van der Waals surface area (Å²) < 4.78 is 23.6. The average molecular weight is 295 g/mol. The molecule has 5 nitrogen and oxygen atoms in total. The van der Waals surface area contributed by atoms with Crippen molar-refractivity contribution in [1.29, 1.82) is 0 Å². The summed E-state index contributed by atoms with van der Waals surface area (Å²) in [6.45, 7) is 1.85. The van der Waals surface area contributed by atoms with Gasteiger partial charge in [0.05, 0.1) is 22.6 Å². The van der Waals surface area contributed by atoms with Gasteiger partial charge in [0, 0.05) is 6.54 Å². The van der Waals surface area contributed by atoms with E-state index in [9.17, 15) is 18.0 Å². The number of rotatable bonds is 6. The van der Waals surface area contributed by atoms with Crippen LogP contribution >= 0.6 is 0 Å². The topological polar surface area (TPSA) is 71.5 Å². The first-order valence-electron chi connectivity index (χ1n) is 6.62. The Balaban J connectivity index is 2.06. The van der Waals surface area contributed by atoms with E-state index in [1.54, 1.807) is 24.3 Å². The Labute approximate surface area is 118 Å². The molecule has 1 aromatic carbocycles. The summed E-state index contributed by atoms with van der Waals surface area (Å²) >= 11 is 0. The highest BCUT2D eigenvalue weighted by molar-refractivity contribution is 7.91. The third kappa shape index (κ3) is 2.90. The van der Waals surface area contributed by atoms with Gasteiger partial charge in [0.15, 0.2) is 9.84 Å². The lowest BCUT2D eigenvalue weighted by Gasteiger charge is -2.13. The van der Waals surface area contributed by atoms with Gasteiger partial charge in [0.25, 0.3) is 11.8 Å². The number of hydrogen-bond acceptors (Lipinski definition) is 4. The summed E-state index contributed by atoms with van der Waals surface area (Å²) in [6, 6.07) is 6.54. The maximum atomic E-state index is 12.0. The van der Waals surface area contributed by atoms with Crippen LogP contribution in [0.25, 0.3) is 0 Å². The molecular formula is C14H17NO4S. The maximum absolute atomic E-state index is 12.0. The van der Waals surface area contributed by atoms with Gasteiger partial charge in [0.2, 0.25) is 0 Å². The molecule has 2 amide bonds. The predicted molar refractivity (Wildman–Crippen MR) is 75.4 cm³/mol. The van der Waals surface area contributed by atoms with Crippen LogP contribution in [0.15, 0.2) is 24.3 Å². The molecule has 0 aliphatic carbocycles. The molecule has 6 heteroatoms. The van der Waals surface area contributed by atoms with Gasteiger partial charge in [-0.05, 0) is 18.6 Å². The van der Waals surface area contributed by atoms with Crippen molar-refractivity contribution in [2.45, 2.75) is 19.8 Å². The van der Waals surface area contributed by atoms with Crippen molar-refractivity contribution in [3.8, 4) is 0 Å². The Hall–Kier alpha value is -1.69.